The van der Waals surface area contributed by atoms with Crippen molar-refractivity contribution in [3.63, 3.8) is 0 Å². The van der Waals surface area contributed by atoms with Crippen molar-refractivity contribution in [2.75, 3.05) is 0 Å². The molecule has 0 spiro atoms. The summed E-state index contributed by atoms with van der Waals surface area (Å²) in [6.07, 6.45) is 1.73. The number of nitrogens with two attached hydrogens (primary N) is 2. The minimum Gasteiger partial charge on any atom is -0.389 e. The normalized spacial score (nSPS) is 10.3. The molecule has 0 aliphatic carbocycles. The summed E-state index contributed by atoms with van der Waals surface area (Å²) in [7, 11) is 0. The van der Waals surface area contributed by atoms with Gasteiger partial charge < -0.3 is 16.0 Å². The van der Waals surface area contributed by atoms with Gasteiger partial charge in [0, 0.05) is 22.7 Å². The van der Waals surface area contributed by atoms with E-state index in [2.05, 4.69) is 0 Å². The number of rotatable bonds is 3. The highest BCUT2D eigenvalue weighted by Gasteiger charge is 2.10. The highest BCUT2D eigenvalue weighted by molar-refractivity contribution is 7.80. The first-order valence-corrected chi connectivity index (χ1v) is 5.87. The average molecular weight is 276 g/mol. The van der Waals surface area contributed by atoms with Crippen LogP contribution in [0.2, 0.25) is 0 Å². The molecular formula is C12H12N4O2S. The van der Waals surface area contributed by atoms with Gasteiger partial charge in [0.05, 0.1) is 0 Å². The molecule has 5 N–H and O–H groups in total. The van der Waals surface area contributed by atoms with Crippen molar-refractivity contribution in [2.24, 2.45) is 11.5 Å². The van der Waals surface area contributed by atoms with Gasteiger partial charge in [-0.15, -0.1) is 0 Å². The van der Waals surface area contributed by atoms with Gasteiger partial charge >= 0.3 is 6.03 Å². The number of hydrogen-bond donors (Lipinski definition) is 3. The number of aromatic nitrogens is 1. The summed E-state index contributed by atoms with van der Waals surface area (Å²) in [6, 6.07) is 6.42. The summed E-state index contributed by atoms with van der Waals surface area (Å²) in [5.41, 5.74) is 12.1. The van der Waals surface area contributed by atoms with E-state index < -0.39 is 11.9 Å². The number of nitrogens with zero attached hydrogens (tertiary/aromatic N) is 1. The van der Waals surface area contributed by atoms with Crippen LogP contribution in [0.5, 0.6) is 0 Å². The Morgan fingerprint density at radius 3 is 2.63 bits per heavy atom. The zero-order valence-electron chi connectivity index (χ0n) is 9.92. The predicted octanol–water partition coefficient (Wildman–Crippen LogP) is 0.470. The molecule has 0 saturated heterocycles. The van der Waals surface area contributed by atoms with Gasteiger partial charge in [0.1, 0.15) is 11.5 Å². The average Bonchev–Trinajstić information content (AvgIpc) is 2.71. The number of primary amides is 1. The Kier molecular flexibility index (Phi) is 3.48. The van der Waals surface area contributed by atoms with Gasteiger partial charge in [0.15, 0.2) is 0 Å². The molecule has 0 aliphatic heterocycles. The van der Waals surface area contributed by atoms with E-state index in [4.69, 9.17) is 23.7 Å². The van der Waals surface area contributed by atoms with Crippen molar-refractivity contribution in [3.8, 4) is 0 Å². The van der Waals surface area contributed by atoms with Crippen LogP contribution in [0.4, 0.5) is 4.79 Å². The first-order valence-electron chi connectivity index (χ1n) is 5.46. The van der Waals surface area contributed by atoms with Crippen molar-refractivity contribution in [2.45, 2.75) is 6.54 Å². The second-order valence-electron chi connectivity index (χ2n) is 3.96. The number of thiocarbonyl (C=S) groups is 1. The van der Waals surface area contributed by atoms with Crippen molar-refractivity contribution in [3.05, 3.63) is 36.0 Å². The minimum atomic E-state index is -0.870. The Balaban J connectivity index is 2.36. The van der Waals surface area contributed by atoms with Crippen molar-refractivity contribution < 1.29 is 9.59 Å². The number of carbonyl (C=O) groups excluding carboxylic acids is 2. The number of benzene rings is 1. The van der Waals surface area contributed by atoms with Crippen molar-refractivity contribution in [1.82, 2.24) is 9.88 Å². The third-order valence-corrected chi connectivity index (χ3v) is 2.88. The molecule has 0 saturated carbocycles. The van der Waals surface area contributed by atoms with Crippen LogP contribution in [-0.2, 0) is 11.3 Å². The number of fused-ring (bicyclic) bond motifs is 1. The topological polar surface area (TPSA) is 103 Å². The van der Waals surface area contributed by atoms with E-state index in [9.17, 15) is 9.59 Å². The van der Waals surface area contributed by atoms with Gasteiger partial charge in [-0.3, -0.25) is 10.1 Å². The van der Waals surface area contributed by atoms with Crippen LogP contribution in [-0.4, -0.2) is 21.5 Å². The monoisotopic (exact) mass is 276 g/mol. The highest BCUT2D eigenvalue weighted by atomic mass is 32.1. The first kappa shape index (κ1) is 13.0. The molecule has 0 unspecified atom stereocenters. The zero-order valence-corrected chi connectivity index (χ0v) is 10.7. The number of hydrogen-bond acceptors (Lipinski definition) is 3. The quantitative estimate of drug-likeness (QED) is 0.709. The molecular weight excluding hydrogens is 264 g/mol. The fourth-order valence-corrected chi connectivity index (χ4v) is 2.09. The number of nitrogens with one attached hydrogen (secondary N) is 1. The van der Waals surface area contributed by atoms with Crippen LogP contribution < -0.4 is 16.8 Å². The first-order chi connectivity index (χ1) is 8.99. The lowest BCUT2D eigenvalue weighted by atomic mass is 10.1. The maximum atomic E-state index is 11.5. The molecule has 1 aromatic carbocycles. The molecule has 2 aromatic rings. The van der Waals surface area contributed by atoms with E-state index in [1.165, 1.54) is 0 Å². The van der Waals surface area contributed by atoms with Crippen LogP contribution in [0.3, 0.4) is 0 Å². The second kappa shape index (κ2) is 5.07. The number of carbonyl (C=O) groups is 2. The maximum Gasteiger partial charge on any atom is 0.318 e. The standard InChI is InChI=1S/C12H12N4O2S/c13-11(19)8-2-1-3-9-7(8)4-5-16(9)6-10(17)15-12(14)18/h1-5H,6H2,(H2,13,19)(H3,14,15,17,18). The molecule has 19 heavy (non-hydrogen) atoms. The van der Waals surface area contributed by atoms with Crippen LogP contribution in [0, 0.1) is 0 Å². The van der Waals surface area contributed by atoms with E-state index >= 15 is 0 Å². The molecule has 0 radical (unpaired) electrons. The second-order valence-corrected chi connectivity index (χ2v) is 4.40. The molecule has 0 atom stereocenters. The van der Waals surface area contributed by atoms with Gasteiger partial charge in [-0.05, 0) is 12.1 Å². The van der Waals surface area contributed by atoms with E-state index in [0.717, 1.165) is 16.5 Å². The SMILES string of the molecule is NC(=O)NC(=O)Cn1ccc2c(C(N)=S)cccc21. The summed E-state index contributed by atoms with van der Waals surface area (Å²) >= 11 is 4.97. The molecule has 98 valence electrons. The molecule has 2 rings (SSSR count). The van der Waals surface area contributed by atoms with Crippen LogP contribution in [0.1, 0.15) is 5.56 Å². The van der Waals surface area contributed by atoms with E-state index in [-0.39, 0.29) is 6.54 Å². The van der Waals surface area contributed by atoms with E-state index in [1.807, 2.05) is 23.5 Å². The van der Waals surface area contributed by atoms with Crippen LogP contribution >= 0.6 is 12.2 Å². The molecule has 1 heterocycles. The Labute approximate surface area is 114 Å². The van der Waals surface area contributed by atoms with Gasteiger partial charge in [-0.1, -0.05) is 24.4 Å². The Morgan fingerprint density at radius 2 is 2.00 bits per heavy atom. The highest BCUT2D eigenvalue weighted by Crippen LogP contribution is 2.20. The Bertz CT molecular complexity index is 677. The third-order valence-electron chi connectivity index (χ3n) is 2.66. The summed E-state index contributed by atoms with van der Waals surface area (Å²) < 4.78 is 1.69. The smallest absolute Gasteiger partial charge is 0.318 e. The number of amides is 3. The summed E-state index contributed by atoms with van der Waals surface area (Å²) in [4.78, 5) is 22.4. The molecule has 7 heteroatoms. The van der Waals surface area contributed by atoms with Gasteiger partial charge in [0.25, 0.3) is 0 Å². The Hall–Kier alpha value is -2.41. The summed E-state index contributed by atoms with van der Waals surface area (Å²) in [6.45, 7) is -0.00672. The van der Waals surface area contributed by atoms with E-state index in [0.29, 0.717) is 4.99 Å². The maximum absolute atomic E-state index is 11.5. The summed E-state index contributed by atoms with van der Waals surface area (Å²) in [5.74, 6) is -0.481. The van der Waals surface area contributed by atoms with E-state index in [1.54, 1.807) is 16.8 Å². The van der Waals surface area contributed by atoms with Crippen molar-refractivity contribution >= 4 is 40.0 Å². The fraction of sp³-hybridized carbons (Fsp3) is 0.0833. The van der Waals surface area contributed by atoms with Gasteiger partial charge in [-0.2, -0.15) is 0 Å². The minimum absolute atomic E-state index is 0.00672. The van der Waals surface area contributed by atoms with Crippen LogP contribution in [0.25, 0.3) is 10.9 Å². The van der Waals surface area contributed by atoms with Crippen LogP contribution in [0.15, 0.2) is 30.5 Å². The molecule has 0 aliphatic rings. The molecule has 0 bridgehead atoms. The molecule has 0 fully saturated rings. The zero-order chi connectivity index (χ0) is 14.0. The molecule has 6 nitrogen and oxygen atoms in total. The molecule has 1 aromatic heterocycles. The fourth-order valence-electron chi connectivity index (χ4n) is 1.91. The predicted molar refractivity (Wildman–Crippen MR) is 75.6 cm³/mol. The lowest BCUT2D eigenvalue weighted by molar-refractivity contribution is -0.120. The third kappa shape index (κ3) is 2.71. The van der Waals surface area contributed by atoms with Crippen molar-refractivity contribution in [1.29, 1.82) is 0 Å². The lowest BCUT2D eigenvalue weighted by Crippen LogP contribution is -2.37. The van der Waals surface area contributed by atoms with Gasteiger partial charge in [0.2, 0.25) is 5.91 Å². The number of imide groups is 1. The molecule has 3 amide bonds. The number of urea groups is 1. The lowest BCUT2D eigenvalue weighted by Gasteiger charge is -2.06. The summed E-state index contributed by atoms with van der Waals surface area (Å²) in [5, 5.41) is 2.87. The van der Waals surface area contributed by atoms with Gasteiger partial charge in [-0.25, -0.2) is 4.79 Å². The largest absolute Gasteiger partial charge is 0.389 e. The Morgan fingerprint density at radius 1 is 1.26 bits per heavy atom.